The van der Waals surface area contributed by atoms with Gasteiger partial charge in [0.15, 0.2) is 0 Å². The molecule has 0 saturated carbocycles. The molecule has 82 valence electrons. The molecule has 1 aromatic carbocycles. The van der Waals surface area contributed by atoms with E-state index in [2.05, 4.69) is 23.6 Å². The Morgan fingerprint density at radius 1 is 1.40 bits per heavy atom. The molecule has 0 aliphatic carbocycles. The summed E-state index contributed by atoms with van der Waals surface area (Å²) < 4.78 is 1.30. The van der Waals surface area contributed by atoms with Crippen molar-refractivity contribution in [2.45, 2.75) is 22.8 Å². The Balaban J connectivity index is 2.80. The molecule has 0 aliphatic rings. The summed E-state index contributed by atoms with van der Waals surface area (Å²) in [6.45, 7) is 0. The predicted octanol–water partition coefficient (Wildman–Crippen LogP) is 1.01. The average Bonchev–Trinajstić information content (AvgIpc) is 2.18. The van der Waals surface area contributed by atoms with Crippen LogP contribution in [-0.4, -0.2) is 30.4 Å². The normalized spacial score (nSPS) is 13.5. The summed E-state index contributed by atoms with van der Waals surface area (Å²) in [6, 6.07) is 9.39. The van der Waals surface area contributed by atoms with Gasteiger partial charge in [-0.1, -0.05) is 0 Å². The minimum absolute atomic E-state index is 0.624. The number of hydrogen-bond acceptors (Lipinski definition) is 2. The number of rotatable bonds is 4. The maximum absolute atomic E-state index is 10.7. The van der Waals surface area contributed by atoms with Gasteiger partial charge in [0.05, 0.1) is 0 Å². The molecular formula is C11H17GeNO2. The van der Waals surface area contributed by atoms with E-state index in [1.54, 1.807) is 0 Å². The number of nitrogens with two attached hydrogens (primary N) is 1. The van der Waals surface area contributed by atoms with Gasteiger partial charge in [-0.25, -0.2) is 0 Å². The molecule has 3 N–H and O–H groups in total. The number of carbonyl (C=O) groups is 1. The molecule has 0 amide bonds. The topological polar surface area (TPSA) is 63.3 Å². The zero-order valence-electron chi connectivity index (χ0n) is 9.10. The van der Waals surface area contributed by atoms with Crippen molar-refractivity contribution < 1.29 is 9.90 Å². The van der Waals surface area contributed by atoms with Crippen LogP contribution in [0.15, 0.2) is 30.3 Å². The van der Waals surface area contributed by atoms with Crippen LogP contribution in [0.5, 0.6) is 0 Å². The van der Waals surface area contributed by atoms with Crippen LogP contribution in [0.4, 0.5) is 0 Å². The molecule has 1 atom stereocenters. The van der Waals surface area contributed by atoms with E-state index in [1.165, 1.54) is 4.40 Å². The van der Waals surface area contributed by atoms with Gasteiger partial charge < -0.3 is 0 Å². The molecular weight excluding hydrogens is 251 g/mol. The van der Waals surface area contributed by atoms with Gasteiger partial charge in [0, 0.05) is 0 Å². The Hall–Kier alpha value is -0.807. The summed E-state index contributed by atoms with van der Waals surface area (Å²) in [5.41, 5.74) is 5.59. The summed E-state index contributed by atoms with van der Waals surface area (Å²) in [5.74, 6) is 3.49. The second kappa shape index (κ2) is 4.81. The van der Waals surface area contributed by atoms with E-state index >= 15 is 0 Å². The number of carboxylic acids is 1. The first kappa shape index (κ1) is 12.3. The molecule has 4 heteroatoms. The third-order valence-corrected chi connectivity index (χ3v) is 9.65. The number of benzene rings is 1. The Bertz CT molecular complexity index is 338. The monoisotopic (exact) mass is 269 g/mol. The first-order valence-corrected chi connectivity index (χ1v) is 11.7. The Morgan fingerprint density at radius 2 is 1.93 bits per heavy atom. The van der Waals surface area contributed by atoms with Crippen LogP contribution < -0.4 is 10.1 Å². The molecule has 0 aliphatic heterocycles. The molecule has 0 heterocycles. The average molecular weight is 268 g/mol. The molecule has 15 heavy (non-hydrogen) atoms. The van der Waals surface area contributed by atoms with Crippen LogP contribution in [0.3, 0.4) is 0 Å². The quantitative estimate of drug-likeness (QED) is 0.801. The van der Waals surface area contributed by atoms with Gasteiger partial charge in [0.2, 0.25) is 0 Å². The van der Waals surface area contributed by atoms with Crippen molar-refractivity contribution in [2.75, 3.05) is 0 Å². The maximum atomic E-state index is 10.7. The van der Waals surface area contributed by atoms with E-state index in [4.69, 9.17) is 10.8 Å². The van der Waals surface area contributed by atoms with Gasteiger partial charge in [-0.05, 0) is 0 Å². The predicted molar refractivity (Wildman–Crippen MR) is 64.0 cm³/mol. The van der Waals surface area contributed by atoms with Gasteiger partial charge in [0.25, 0.3) is 0 Å². The van der Waals surface area contributed by atoms with E-state index in [0.29, 0.717) is 5.25 Å². The molecule has 0 radical (unpaired) electrons. The Morgan fingerprint density at radius 3 is 2.40 bits per heavy atom. The van der Waals surface area contributed by atoms with Crippen LogP contribution in [0.25, 0.3) is 0 Å². The molecule has 0 bridgehead atoms. The van der Waals surface area contributed by atoms with Crippen molar-refractivity contribution in [3.05, 3.63) is 30.3 Å². The number of aliphatic carboxylic acids is 1. The van der Waals surface area contributed by atoms with Crippen LogP contribution in [0.2, 0.25) is 16.8 Å². The summed E-state index contributed by atoms with van der Waals surface area (Å²) in [4.78, 5) is 10.7. The van der Waals surface area contributed by atoms with E-state index in [0.717, 1.165) is 0 Å². The van der Waals surface area contributed by atoms with Crippen LogP contribution in [0, 0.1) is 0 Å². The molecule has 0 aromatic heterocycles. The zero-order chi connectivity index (χ0) is 11.5. The summed E-state index contributed by atoms with van der Waals surface area (Å²) in [7, 11) is 0. The molecule has 0 fully saturated rings. The van der Waals surface area contributed by atoms with E-state index < -0.39 is 25.3 Å². The van der Waals surface area contributed by atoms with E-state index in [9.17, 15) is 4.79 Å². The van der Waals surface area contributed by atoms with Crippen molar-refractivity contribution in [1.29, 1.82) is 0 Å². The second-order valence-electron chi connectivity index (χ2n) is 4.40. The first-order chi connectivity index (χ1) is 6.93. The number of hydrogen-bond donors (Lipinski definition) is 2. The summed E-state index contributed by atoms with van der Waals surface area (Å²) in [5, 5.41) is 9.42. The number of carboxylic acid groups (broad SMARTS) is 1. The first-order valence-electron chi connectivity index (χ1n) is 4.97. The second-order valence-corrected chi connectivity index (χ2v) is 14.4. The van der Waals surface area contributed by atoms with Gasteiger partial charge in [-0.15, -0.1) is 0 Å². The SMILES string of the molecule is [CH3][Ge]([CH3])([CH2][C@H](N)C(=O)O)[c]1ccccc1. The Labute approximate surface area is 92.7 Å². The van der Waals surface area contributed by atoms with Crippen LogP contribution in [-0.2, 0) is 4.79 Å². The van der Waals surface area contributed by atoms with Crippen molar-refractivity contribution >= 4 is 23.6 Å². The summed E-state index contributed by atoms with van der Waals surface area (Å²) >= 11 is -2.24. The fraction of sp³-hybridized carbons (Fsp3) is 0.364. The van der Waals surface area contributed by atoms with E-state index in [-0.39, 0.29) is 0 Å². The van der Waals surface area contributed by atoms with Gasteiger partial charge in [-0.2, -0.15) is 0 Å². The molecule has 0 spiro atoms. The zero-order valence-corrected chi connectivity index (χ0v) is 11.2. The standard InChI is InChI=1S/C11H17GeNO2/c1-12(2,8-10(13)11(14)15)9-6-4-3-5-7-9/h3-7,10H,8,13H2,1-2H3,(H,14,15)/t10-/m0/s1. The van der Waals surface area contributed by atoms with Crippen molar-refractivity contribution in [2.24, 2.45) is 5.73 Å². The fourth-order valence-corrected chi connectivity index (χ4v) is 7.11. The third-order valence-electron chi connectivity index (χ3n) is 2.60. The summed E-state index contributed by atoms with van der Waals surface area (Å²) in [6.07, 6.45) is 0. The minimum atomic E-state index is -2.24. The van der Waals surface area contributed by atoms with Crippen molar-refractivity contribution in [1.82, 2.24) is 0 Å². The van der Waals surface area contributed by atoms with Gasteiger partial charge in [0.1, 0.15) is 0 Å². The molecule has 0 unspecified atom stereocenters. The van der Waals surface area contributed by atoms with Crippen LogP contribution in [0.1, 0.15) is 0 Å². The Kier molecular flexibility index (Phi) is 3.93. The van der Waals surface area contributed by atoms with E-state index in [1.807, 2.05) is 18.2 Å². The third kappa shape index (κ3) is 3.36. The van der Waals surface area contributed by atoms with Crippen molar-refractivity contribution in [3.8, 4) is 0 Å². The fourth-order valence-electron chi connectivity index (χ4n) is 1.64. The van der Waals surface area contributed by atoms with Crippen LogP contribution >= 0.6 is 0 Å². The van der Waals surface area contributed by atoms with Gasteiger partial charge >= 0.3 is 92.4 Å². The van der Waals surface area contributed by atoms with Crippen molar-refractivity contribution in [3.63, 3.8) is 0 Å². The molecule has 1 aromatic rings. The molecule has 3 nitrogen and oxygen atoms in total. The van der Waals surface area contributed by atoms with Gasteiger partial charge in [-0.3, -0.25) is 0 Å². The molecule has 0 saturated heterocycles. The molecule has 1 rings (SSSR count).